The Balaban J connectivity index is 3.09. The predicted octanol–water partition coefficient (Wildman–Crippen LogP) is 3.03. The van der Waals surface area contributed by atoms with Crippen LogP contribution in [-0.4, -0.2) is 15.3 Å². The third-order valence-electron chi connectivity index (χ3n) is 3.56. The molecule has 1 rings (SSSR count). The predicted molar refractivity (Wildman–Crippen MR) is 73.4 cm³/mol. The van der Waals surface area contributed by atoms with Gasteiger partial charge in [0, 0.05) is 18.5 Å². The van der Waals surface area contributed by atoms with E-state index >= 15 is 0 Å². The van der Waals surface area contributed by atoms with Gasteiger partial charge in [-0.2, -0.15) is 5.10 Å². The van der Waals surface area contributed by atoms with Crippen LogP contribution in [-0.2, 0) is 19.4 Å². The lowest BCUT2D eigenvalue weighted by Crippen LogP contribution is -2.44. The molecule has 0 spiro atoms. The quantitative estimate of drug-likeness (QED) is 0.881. The van der Waals surface area contributed by atoms with E-state index in [4.69, 9.17) is 17.3 Å². The van der Waals surface area contributed by atoms with Crippen LogP contribution >= 0.6 is 11.6 Å². The smallest absolute Gasteiger partial charge is 0.0850 e. The summed E-state index contributed by atoms with van der Waals surface area (Å²) in [5.41, 5.74) is 8.14. The van der Waals surface area contributed by atoms with Crippen molar-refractivity contribution in [2.24, 2.45) is 11.7 Å². The third-order valence-corrected chi connectivity index (χ3v) is 4.00. The fraction of sp³-hybridized carbons (Fsp3) is 0.769. The van der Waals surface area contributed by atoms with Crippen molar-refractivity contribution in [1.82, 2.24) is 9.78 Å². The van der Waals surface area contributed by atoms with Gasteiger partial charge in [-0.05, 0) is 26.2 Å². The van der Waals surface area contributed by atoms with E-state index in [1.165, 1.54) is 0 Å². The Kier molecular flexibility index (Phi) is 4.62. The van der Waals surface area contributed by atoms with Crippen molar-refractivity contribution in [3.63, 3.8) is 0 Å². The topological polar surface area (TPSA) is 43.8 Å². The van der Waals surface area contributed by atoms with E-state index in [2.05, 4.69) is 39.7 Å². The Morgan fingerprint density at radius 1 is 1.41 bits per heavy atom. The number of halogens is 1. The first-order valence-electron chi connectivity index (χ1n) is 6.36. The van der Waals surface area contributed by atoms with Crippen LogP contribution in [0, 0.1) is 5.92 Å². The fourth-order valence-corrected chi connectivity index (χ4v) is 2.09. The SMILES string of the molecule is CCc1nn(CC)c(CC(C)(N)C(C)C)c1Cl. The van der Waals surface area contributed by atoms with Crippen LogP contribution in [0.25, 0.3) is 0 Å². The molecule has 98 valence electrons. The molecule has 1 aromatic heterocycles. The molecule has 1 heterocycles. The van der Waals surface area contributed by atoms with Crippen molar-refractivity contribution < 1.29 is 0 Å². The van der Waals surface area contributed by atoms with E-state index in [9.17, 15) is 0 Å². The summed E-state index contributed by atoms with van der Waals surface area (Å²) in [6.45, 7) is 11.3. The molecule has 0 aliphatic heterocycles. The second kappa shape index (κ2) is 5.40. The molecule has 0 aromatic carbocycles. The van der Waals surface area contributed by atoms with Gasteiger partial charge in [0.15, 0.2) is 0 Å². The highest BCUT2D eigenvalue weighted by atomic mass is 35.5. The van der Waals surface area contributed by atoms with Gasteiger partial charge < -0.3 is 5.73 Å². The van der Waals surface area contributed by atoms with Crippen LogP contribution in [0.5, 0.6) is 0 Å². The van der Waals surface area contributed by atoms with Gasteiger partial charge in [-0.25, -0.2) is 0 Å². The second-order valence-electron chi connectivity index (χ2n) is 5.21. The lowest BCUT2D eigenvalue weighted by Gasteiger charge is -2.29. The molecule has 1 aromatic rings. The van der Waals surface area contributed by atoms with E-state index in [1.807, 2.05) is 4.68 Å². The summed E-state index contributed by atoms with van der Waals surface area (Å²) in [6.07, 6.45) is 1.63. The van der Waals surface area contributed by atoms with Gasteiger partial charge in [0.1, 0.15) is 0 Å². The molecule has 3 nitrogen and oxygen atoms in total. The summed E-state index contributed by atoms with van der Waals surface area (Å²) in [5, 5.41) is 5.32. The zero-order valence-electron chi connectivity index (χ0n) is 11.5. The number of aromatic nitrogens is 2. The number of nitrogens with zero attached hydrogens (tertiary/aromatic N) is 2. The van der Waals surface area contributed by atoms with Crippen LogP contribution < -0.4 is 5.73 Å². The van der Waals surface area contributed by atoms with Crippen molar-refractivity contribution in [1.29, 1.82) is 0 Å². The first-order valence-corrected chi connectivity index (χ1v) is 6.74. The largest absolute Gasteiger partial charge is 0.325 e. The molecular weight excluding hydrogens is 234 g/mol. The molecule has 2 N–H and O–H groups in total. The molecule has 1 unspecified atom stereocenters. The number of nitrogens with two attached hydrogens (primary N) is 1. The minimum atomic E-state index is -0.248. The van der Waals surface area contributed by atoms with Crippen LogP contribution in [0.1, 0.15) is 46.0 Å². The first kappa shape index (κ1) is 14.5. The maximum atomic E-state index is 6.38. The number of hydrogen-bond acceptors (Lipinski definition) is 2. The molecule has 0 saturated carbocycles. The minimum Gasteiger partial charge on any atom is -0.325 e. The van der Waals surface area contributed by atoms with Gasteiger partial charge in [-0.1, -0.05) is 32.4 Å². The molecule has 0 amide bonds. The van der Waals surface area contributed by atoms with Gasteiger partial charge in [-0.15, -0.1) is 0 Å². The van der Waals surface area contributed by atoms with Gasteiger partial charge >= 0.3 is 0 Å². The highest BCUT2D eigenvalue weighted by Crippen LogP contribution is 2.27. The lowest BCUT2D eigenvalue weighted by molar-refractivity contribution is 0.329. The molecule has 0 bridgehead atoms. The monoisotopic (exact) mass is 257 g/mol. The van der Waals surface area contributed by atoms with E-state index in [1.54, 1.807) is 0 Å². The van der Waals surface area contributed by atoms with E-state index in [0.29, 0.717) is 5.92 Å². The average Bonchev–Trinajstić information content (AvgIpc) is 2.55. The summed E-state index contributed by atoms with van der Waals surface area (Å²) in [6, 6.07) is 0. The highest BCUT2D eigenvalue weighted by molar-refractivity contribution is 6.31. The number of rotatable bonds is 5. The molecule has 1 atom stereocenters. The maximum Gasteiger partial charge on any atom is 0.0850 e. The van der Waals surface area contributed by atoms with Crippen LogP contribution in [0.3, 0.4) is 0 Å². The van der Waals surface area contributed by atoms with Crippen LogP contribution in [0.2, 0.25) is 5.02 Å². The lowest BCUT2D eigenvalue weighted by atomic mass is 9.85. The van der Waals surface area contributed by atoms with E-state index in [0.717, 1.165) is 35.8 Å². The van der Waals surface area contributed by atoms with Crippen molar-refractivity contribution in [3.8, 4) is 0 Å². The first-order chi connectivity index (χ1) is 7.83. The molecule has 17 heavy (non-hydrogen) atoms. The Morgan fingerprint density at radius 2 is 2.00 bits per heavy atom. The van der Waals surface area contributed by atoms with E-state index < -0.39 is 0 Å². The van der Waals surface area contributed by atoms with Crippen molar-refractivity contribution >= 4 is 11.6 Å². The summed E-state index contributed by atoms with van der Waals surface area (Å²) >= 11 is 6.38. The van der Waals surface area contributed by atoms with Crippen molar-refractivity contribution in [2.75, 3.05) is 0 Å². The second-order valence-corrected chi connectivity index (χ2v) is 5.59. The molecule has 0 aliphatic carbocycles. The molecule has 0 radical (unpaired) electrons. The van der Waals surface area contributed by atoms with Crippen LogP contribution in [0.15, 0.2) is 0 Å². The Morgan fingerprint density at radius 3 is 2.41 bits per heavy atom. The Hall–Kier alpha value is -0.540. The normalized spacial score (nSPS) is 15.3. The Labute approximate surface area is 109 Å². The fourth-order valence-electron chi connectivity index (χ4n) is 1.75. The molecule has 0 aliphatic rings. The number of aryl methyl sites for hydroxylation is 2. The molecule has 0 fully saturated rings. The summed E-state index contributed by atoms with van der Waals surface area (Å²) in [5.74, 6) is 0.406. The maximum absolute atomic E-state index is 6.38. The zero-order chi connectivity index (χ0) is 13.2. The van der Waals surface area contributed by atoms with Gasteiger partial charge in [-0.3, -0.25) is 4.68 Å². The van der Waals surface area contributed by atoms with Gasteiger partial charge in [0.25, 0.3) is 0 Å². The Bertz CT molecular complexity index is 380. The van der Waals surface area contributed by atoms with E-state index in [-0.39, 0.29) is 5.54 Å². The summed E-state index contributed by atoms with van der Waals surface area (Å²) in [7, 11) is 0. The minimum absolute atomic E-state index is 0.248. The third kappa shape index (κ3) is 3.02. The van der Waals surface area contributed by atoms with Gasteiger partial charge in [0.2, 0.25) is 0 Å². The summed E-state index contributed by atoms with van der Waals surface area (Å²) < 4.78 is 1.98. The summed E-state index contributed by atoms with van der Waals surface area (Å²) in [4.78, 5) is 0. The molecule has 0 saturated heterocycles. The average molecular weight is 258 g/mol. The van der Waals surface area contributed by atoms with Crippen molar-refractivity contribution in [2.45, 2.75) is 59.5 Å². The number of hydrogen-bond donors (Lipinski definition) is 1. The zero-order valence-corrected chi connectivity index (χ0v) is 12.3. The molecule has 4 heteroatoms. The molecular formula is C13H24ClN3. The standard InChI is InChI=1S/C13H24ClN3/c1-6-10-12(14)11(17(7-2)16-10)8-13(5,15)9(3)4/h9H,6-8,15H2,1-5H3. The van der Waals surface area contributed by atoms with Gasteiger partial charge in [0.05, 0.1) is 16.4 Å². The van der Waals surface area contributed by atoms with Crippen molar-refractivity contribution in [3.05, 3.63) is 16.4 Å². The van der Waals surface area contributed by atoms with Crippen LogP contribution in [0.4, 0.5) is 0 Å². The highest BCUT2D eigenvalue weighted by Gasteiger charge is 2.27.